The Bertz CT molecular complexity index is 155. The Morgan fingerprint density at radius 3 is 2.78 bits per heavy atom. The van der Waals surface area contributed by atoms with Gasteiger partial charge in [-0.15, -0.1) is 0 Å². The van der Waals surface area contributed by atoms with E-state index in [4.69, 9.17) is 0 Å². The van der Waals surface area contributed by atoms with E-state index in [0.29, 0.717) is 0 Å². The summed E-state index contributed by atoms with van der Waals surface area (Å²) >= 11 is 0. The Hall–Kier alpha value is -0.780. The van der Waals surface area contributed by atoms with Gasteiger partial charge in [-0.05, 0) is 0 Å². The minimum absolute atomic E-state index is 2.00. The molecule has 0 unspecified atom stereocenters. The van der Waals surface area contributed by atoms with Crippen molar-refractivity contribution in [2.24, 2.45) is 0 Å². The van der Waals surface area contributed by atoms with Gasteiger partial charge in [0, 0.05) is 0 Å². The topological polar surface area (TPSA) is 0 Å². The van der Waals surface area contributed by atoms with Crippen LogP contribution in [0.1, 0.15) is 0 Å². The monoisotopic (exact) mass is 113 g/mol. The molecule has 1 rings (SSSR count). The molecule has 1 aliphatic heterocycles. The van der Waals surface area contributed by atoms with E-state index in [-0.39, 0.29) is 0 Å². The Morgan fingerprint density at radius 1 is 0.778 bits per heavy atom. The van der Waals surface area contributed by atoms with Crippen molar-refractivity contribution in [3.8, 4) is 0 Å². The quantitative estimate of drug-likeness (QED) is 0.406. The summed E-state index contributed by atoms with van der Waals surface area (Å²) in [7, 11) is 2.00. The number of rotatable bonds is 0. The van der Waals surface area contributed by atoms with Crippen LogP contribution in [0.15, 0.2) is 36.2 Å². The summed E-state index contributed by atoms with van der Waals surface area (Å²) in [6.07, 6.45) is 6.00. The van der Waals surface area contributed by atoms with Crippen LogP contribution in [-0.2, 0) is 0 Å². The first-order valence-corrected chi connectivity index (χ1v) is 3.00. The molecule has 1 radical (unpaired) electrons. The molecule has 9 heavy (non-hydrogen) atoms. The Morgan fingerprint density at radius 2 is 1.78 bits per heavy atom. The molecular weight excluding hydrogens is 106 g/mol. The fourth-order valence-corrected chi connectivity index (χ4v) is 0.577. The molecule has 0 aromatic heterocycles. The van der Waals surface area contributed by atoms with Crippen molar-refractivity contribution >= 4 is 20.2 Å². The third-order valence-corrected chi connectivity index (χ3v) is 1.00. The Balaban J connectivity index is 2.60. The number of allylic oxidation sites excluding steroid dienone is 3. The van der Waals surface area contributed by atoms with Crippen LogP contribution in [0.4, 0.5) is 0 Å². The first-order valence-electron chi connectivity index (χ1n) is 3.00. The zero-order valence-corrected chi connectivity index (χ0v) is 5.20. The van der Waals surface area contributed by atoms with Gasteiger partial charge in [0.1, 0.15) is 0 Å². The van der Waals surface area contributed by atoms with Gasteiger partial charge >= 0.3 is 56.3 Å². The molecule has 0 aromatic rings. The van der Waals surface area contributed by atoms with Crippen LogP contribution in [0.2, 0.25) is 0 Å². The van der Waals surface area contributed by atoms with Gasteiger partial charge in [0.25, 0.3) is 0 Å². The summed E-state index contributed by atoms with van der Waals surface area (Å²) in [5, 5.41) is 0. The maximum atomic E-state index is 2.00. The van der Waals surface area contributed by atoms with Gasteiger partial charge in [0.15, 0.2) is 0 Å². The third kappa shape index (κ3) is 2.91. The van der Waals surface area contributed by atoms with Crippen LogP contribution >= 0.6 is 0 Å². The molecule has 0 nitrogen and oxygen atoms in total. The fraction of sp³-hybridized carbons (Fsp3) is 0. The molecule has 0 fully saturated rings. The second-order valence-corrected chi connectivity index (χ2v) is 1.73. The predicted octanol–water partition coefficient (Wildman–Crippen LogP) is 0.752. The summed E-state index contributed by atoms with van der Waals surface area (Å²) in [6, 6.07) is 0. The van der Waals surface area contributed by atoms with Crippen molar-refractivity contribution in [2.45, 2.75) is 0 Å². The maximum absolute atomic E-state index is 2.00. The second-order valence-electron chi connectivity index (χ2n) is 1.73. The molecule has 0 aliphatic carbocycles. The van der Waals surface area contributed by atoms with Crippen molar-refractivity contribution in [3.05, 3.63) is 36.2 Å². The van der Waals surface area contributed by atoms with Crippen LogP contribution in [0.5, 0.6) is 0 Å². The van der Waals surface area contributed by atoms with Crippen LogP contribution in [0, 0.1) is 0 Å². The van der Waals surface area contributed by atoms with Crippen molar-refractivity contribution in [2.75, 3.05) is 0 Å². The van der Waals surface area contributed by atoms with E-state index in [1.54, 1.807) is 0 Å². The normalized spacial score (nSPS) is 15.1. The molecule has 0 spiro atoms. The van der Waals surface area contributed by atoms with Crippen LogP contribution < -0.4 is 0 Å². The average Bonchev–Trinajstić information content (AvgIpc) is 2.00. The van der Waals surface area contributed by atoms with Crippen LogP contribution in [0.25, 0.3) is 0 Å². The molecule has 1 heterocycles. The number of hydrogen-bond acceptors (Lipinski definition) is 0. The first kappa shape index (κ1) is 6.34. The zero-order chi connectivity index (χ0) is 6.36. The zero-order valence-electron chi connectivity index (χ0n) is 5.20. The van der Waals surface area contributed by atoms with E-state index < -0.39 is 0 Å². The number of hydrogen-bond donors (Lipinski definition) is 0. The SMILES string of the molecule is [B]1C=CB=CC=CC=C1. The molecule has 1 aliphatic rings. The predicted molar refractivity (Wildman–Crippen MR) is 45.0 cm³/mol. The molecule has 0 saturated carbocycles. The summed E-state index contributed by atoms with van der Waals surface area (Å²) < 4.78 is 0. The van der Waals surface area contributed by atoms with E-state index in [9.17, 15) is 0 Å². The van der Waals surface area contributed by atoms with Crippen molar-refractivity contribution in [1.29, 1.82) is 0 Å². The van der Waals surface area contributed by atoms with Gasteiger partial charge in [-0.2, -0.15) is 0 Å². The summed E-state index contributed by atoms with van der Waals surface area (Å²) in [5.41, 5.74) is 0. The minimum atomic E-state index is 2.00. The first-order chi connectivity index (χ1) is 4.50. The third-order valence-electron chi connectivity index (χ3n) is 1.00. The van der Waals surface area contributed by atoms with Crippen molar-refractivity contribution in [3.63, 3.8) is 0 Å². The summed E-state index contributed by atoms with van der Waals surface area (Å²) in [6.45, 7) is 2.00. The van der Waals surface area contributed by atoms with Crippen molar-refractivity contribution in [1.82, 2.24) is 0 Å². The van der Waals surface area contributed by atoms with E-state index in [0.717, 1.165) is 0 Å². The van der Waals surface area contributed by atoms with Gasteiger partial charge in [0.2, 0.25) is 0 Å². The fourth-order valence-electron chi connectivity index (χ4n) is 0.577. The van der Waals surface area contributed by atoms with E-state index in [2.05, 4.69) is 0 Å². The van der Waals surface area contributed by atoms with Gasteiger partial charge in [-0.3, -0.25) is 0 Å². The summed E-state index contributed by atoms with van der Waals surface area (Å²) in [4.78, 5) is 0. The van der Waals surface area contributed by atoms with Gasteiger partial charge in [0.05, 0.1) is 0 Å². The van der Waals surface area contributed by atoms with Gasteiger partial charge in [-0.25, -0.2) is 0 Å². The molecule has 0 saturated heterocycles. The Labute approximate surface area is 57.1 Å². The van der Waals surface area contributed by atoms with Crippen molar-refractivity contribution < 1.29 is 0 Å². The molecule has 0 N–H and O–H groups in total. The average molecular weight is 113 g/mol. The second kappa shape index (κ2) is 4.13. The van der Waals surface area contributed by atoms with Crippen LogP contribution in [0.3, 0.4) is 0 Å². The Kier molecular flexibility index (Phi) is 2.91. The molecule has 2 heteroatoms. The summed E-state index contributed by atoms with van der Waals surface area (Å²) in [5.74, 6) is 8.00. The molecule has 0 amide bonds. The molecule has 41 valence electrons. The van der Waals surface area contributed by atoms with Gasteiger partial charge in [-0.1, -0.05) is 0 Å². The molecule has 0 atom stereocenters. The van der Waals surface area contributed by atoms with E-state index in [1.807, 2.05) is 56.3 Å². The molecular formula is C7H7B2. The van der Waals surface area contributed by atoms with E-state index >= 15 is 0 Å². The standard InChI is InChI=1S/C7H7B2/c1-2-4-8-6-7-9-5-3-1/h1-7H. The van der Waals surface area contributed by atoms with Crippen LogP contribution in [-0.4, -0.2) is 20.2 Å². The van der Waals surface area contributed by atoms with Gasteiger partial charge < -0.3 is 0 Å². The van der Waals surface area contributed by atoms with E-state index in [1.165, 1.54) is 0 Å². The molecule has 0 bridgehead atoms. The molecule has 0 aromatic carbocycles.